The molecule has 1 aromatic carbocycles. The normalized spacial score (nSPS) is 17.2. The summed E-state index contributed by atoms with van der Waals surface area (Å²) < 4.78 is 16.1. The van der Waals surface area contributed by atoms with E-state index >= 15 is 0 Å². The van der Waals surface area contributed by atoms with Gasteiger partial charge in [0.25, 0.3) is 5.91 Å². The van der Waals surface area contributed by atoms with E-state index in [2.05, 4.69) is 5.32 Å². The van der Waals surface area contributed by atoms with Gasteiger partial charge in [0.15, 0.2) is 0 Å². The Bertz CT molecular complexity index is 487. The Hall–Kier alpha value is -1.79. The van der Waals surface area contributed by atoms with Gasteiger partial charge in [-0.15, -0.1) is 0 Å². The Balaban J connectivity index is 1.90. The standard InChI is InChI=1S/C15H22N2O4/c1-10(21-11-5-7-20-8-6-11)15(18)17-14-4-3-12(19-2)9-13(14)16/h3-4,9-11H,5-8,16H2,1-2H3,(H,17,18). The van der Waals surface area contributed by atoms with Gasteiger partial charge in [0.1, 0.15) is 11.9 Å². The zero-order chi connectivity index (χ0) is 15.2. The number of nitrogens with two attached hydrogens (primary N) is 1. The number of hydrogen-bond donors (Lipinski definition) is 2. The summed E-state index contributed by atoms with van der Waals surface area (Å²) in [7, 11) is 1.57. The molecule has 0 radical (unpaired) electrons. The van der Waals surface area contributed by atoms with Gasteiger partial charge in [-0.3, -0.25) is 4.79 Å². The first-order valence-corrected chi connectivity index (χ1v) is 7.07. The summed E-state index contributed by atoms with van der Waals surface area (Å²) in [4.78, 5) is 12.1. The molecule has 0 saturated carbocycles. The van der Waals surface area contributed by atoms with Crippen LogP contribution in [0.1, 0.15) is 19.8 Å². The van der Waals surface area contributed by atoms with E-state index in [0.717, 1.165) is 12.8 Å². The van der Waals surface area contributed by atoms with E-state index in [9.17, 15) is 4.79 Å². The number of rotatable bonds is 5. The van der Waals surface area contributed by atoms with Crippen molar-refractivity contribution in [3.8, 4) is 5.75 Å². The van der Waals surface area contributed by atoms with E-state index in [4.69, 9.17) is 19.9 Å². The van der Waals surface area contributed by atoms with Gasteiger partial charge in [0.05, 0.1) is 24.6 Å². The number of ether oxygens (including phenoxy) is 3. The van der Waals surface area contributed by atoms with Crippen molar-refractivity contribution in [2.75, 3.05) is 31.4 Å². The van der Waals surface area contributed by atoms with E-state index in [1.54, 1.807) is 32.2 Å². The zero-order valence-corrected chi connectivity index (χ0v) is 12.4. The molecule has 0 aliphatic carbocycles. The number of nitrogen functional groups attached to an aromatic ring is 1. The molecular formula is C15H22N2O4. The van der Waals surface area contributed by atoms with Crippen molar-refractivity contribution in [2.24, 2.45) is 0 Å². The molecule has 1 aliphatic rings. The van der Waals surface area contributed by atoms with Gasteiger partial charge in [-0.2, -0.15) is 0 Å². The third-order valence-electron chi connectivity index (χ3n) is 3.45. The Morgan fingerprint density at radius 3 is 2.76 bits per heavy atom. The van der Waals surface area contributed by atoms with Crippen molar-refractivity contribution in [2.45, 2.75) is 32.0 Å². The second kappa shape index (κ2) is 7.28. The first-order chi connectivity index (χ1) is 10.1. The monoisotopic (exact) mass is 294 g/mol. The van der Waals surface area contributed by atoms with Crippen LogP contribution in [0.3, 0.4) is 0 Å². The SMILES string of the molecule is COc1ccc(NC(=O)C(C)OC2CCOCC2)c(N)c1. The maximum Gasteiger partial charge on any atom is 0.253 e. The fourth-order valence-corrected chi connectivity index (χ4v) is 2.18. The lowest BCUT2D eigenvalue weighted by Gasteiger charge is -2.25. The summed E-state index contributed by atoms with van der Waals surface area (Å²) in [5.41, 5.74) is 6.90. The third-order valence-corrected chi connectivity index (χ3v) is 3.45. The van der Waals surface area contributed by atoms with Gasteiger partial charge in [0, 0.05) is 19.3 Å². The molecule has 0 bridgehead atoms. The van der Waals surface area contributed by atoms with Crippen molar-refractivity contribution in [1.29, 1.82) is 0 Å². The molecule has 0 spiro atoms. The maximum absolute atomic E-state index is 12.1. The molecule has 1 fully saturated rings. The highest BCUT2D eigenvalue weighted by Crippen LogP contribution is 2.24. The van der Waals surface area contributed by atoms with Crippen LogP contribution in [-0.4, -0.2) is 38.4 Å². The molecule has 1 saturated heterocycles. The summed E-state index contributed by atoms with van der Waals surface area (Å²) in [6.45, 7) is 3.11. The first kappa shape index (κ1) is 15.6. The number of hydrogen-bond acceptors (Lipinski definition) is 5. The van der Waals surface area contributed by atoms with Crippen molar-refractivity contribution in [3.63, 3.8) is 0 Å². The zero-order valence-electron chi connectivity index (χ0n) is 12.4. The molecule has 21 heavy (non-hydrogen) atoms. The van der Waals surface area contributed by atoms with Crippen molar-refractivity contribution in [3.05, 3.63) is 18.2 Å². The van der Waals surface area contributed by atoms with Crippen LogP contribution in [0, 0.1) is 0 Å². The summed E-state index contributed by atoms with van der Waals surface area (Å²) in [6, 6.07) is 5.13. The molecular weight excluding hydrogens is 272 g/mol. The molecule has 0 aromatic heterocycles. The lowest BCUT2D eigenvalue weighted by Crippen LogP contribution is -2.34. The van der Waals surface area contributed by atoms with Gasteiger partial charge < -0.3 is 25.3 Å². The average Bonchev–Trinajstić information content (AvgIpc) is 2.50. The quantitative estimate of drug-likeness (QED) is 0.809. The fourth-order valence-electron chi connectivity index (χ4n) is 2.18. The number of benzene rings is 1. The number of carbonyl (C=O) groups excluding carboxylic acids is 1. The molecule has 1 heterocycles. The van der Waals surface area contributed by atoms with Crippen LogP contribution >= 0.6 is 0 Å². The van der Waals surface area contributed by atoms with Crippen LogP contribution in [0.5, 0.6) is 5.75 Å². The fraction of sp³-hybridized carbons (Fsp3) is 0.533. The largest absolute Gasteiger partial charge is 0.497 e. The minimum Gasteiger partial charge on any atom is -0.497 e. The second-order valence-electron chi connectivity index (χ2n) is 5.03. The lowest BCUT2D eigenvalue weighted by molar-refractivity contribution is -0.133. The van der Waals surface area contributed by atoms with E-state index in [1.807, 2.05) is 0 Å². The summed E-state index contributed by atoms with van der Waals surface area (Å²) >= 11 is 0. The molecule has 6 heteroatoms. The van der Waals surface area contributed by atoms with Crippen LogP contribution in [-0.2, 0) is 14.3 Å². The number of amides is 1. The van der Waals surface area contributed by atoms with E-state index in [0.29, 0.717) is 30.3 Å². The van der Waals surface area contributed by atoms with Crippen LogP contribution in [0.4, 0.5) is 11.4 Å². The first-order valence-electron chi connectivity index (χ1n) is 7.07. The molecule has 1 aliphatic heterocycles. The highest BCUT2D eigenvalue weighted by atomic mass is 16.5. The topological polar surface area (TPSA) is 82.8 Å². The van der Waals surface area contributed by atoms with Gasteiger partial charge in [-0.05, 0) is 31.9 Å². The van der Waals surface area contributed by atoms with Crippen LogP contribution in [0.15, 0.2) is 18.2 Å². The molecule has 2 rings (SSSR count). The summed E-state index contributed by atoms with van der Waals surface area (Å²) in [5.74, 6) is 0.440. The molecule has 3 N–H and O–H groups in total. The van der Waals surface area contributed by atoms with Gasteiger partial charge in [-0.1, -0.05) is 0 Å². The Morgan fingerprint density at radius 2 is 2.14 bits per heavy atom. The van der Waals surface area contributed by atoms with E-state index < -0.39 is 6.10 Å². The van der Waals surface area contributed by atoms with Gasteiger partial charge >= 0.3 is 0 Å². The lowest BCUT2D eigenvalue weighted by atomic mass is 10.1. The highest BCUT2D eigenvalue weighted by Gasteiger charge is 2.21. The van der Waals surface area contributed by atoms with Crippen LogP contribution < -0.4 is 15.8 Å². The Labute approximate surface area is 124 Å². The third kappa shape index (κ3) is 4.34. The predicted octanol–water partition coefficient (Wildman–Crippen LogP) is 1.80. The van der Waals surface area contributed by atoms with Crippen molar-refractivity contribution < 1.29 is 19.0 Å². The van der Waals surface area contributed by atoms with Gasteiger partial charge in [0.2, 0.25) is 0 Å². The Kier molecular flexibility index (Phi) is 5.41. The molecule has 1 unspecified atom stereocenters. The highest BCUT2D eigenvalue weighted by molar-refractivity contribution is 5.96. The minimum absolute atomic E-state index is 0.0766. The summed E-state index contributed by atoms with van der Waals surface area (Å²) in [6.07, 6.45) is 1.19. The van der Waals surface area contributed by atoms with Gasteiger partial charge in [-0.25, -0.2) is 0 Å². The average molecular weight is 294 g/mol. The smallest absolute Gasteiger partial charge is 0.253 e. The second-order valence-corrected chi connectivity index (χ2v) is 5.03. The number of carbonyl (C=O) groups is 1. The van der Waals surface area contributed by atoms with Crippen molar-refractivity contribution in [1.82, 2.24) is 0 Å². The predicted molar refractivity (Wildman–Crippen MR) is 80.4 cm³/mol. The molecule has 1 aromatic rings. The van der Waals surface area contributed by atoms with Crippen LogP contribution in [0.2, 0.25) is 0 Å². The molecule has 1 atom stereocenters. The van der Waals surface area contributed by atoms with Crippen LogP contribution in [0.25, 0.3) is 0 Å². The van der Waals surface area contributed by atoms with Crippen molar-refractivity contribution >= 4 is 17.3 Å². The minimum atomic E-state index is -0.533. The van der Waals surface area contributed by atoms with E-state index in [1.165, 1.54) is 0 Å². The number of nitrogens with one attached hydrogen (secondary N) is 1. The number of anilines is 2. The number of methoxy groups -OCH3 is 1. The molecule has 116 valence electrons. The summed E-state index contributed by atoms with van der Waals surface area (Å²) in [5, 5.41) is 2.78. The van der Waals surface area contributed by atoms with E-state index in [-0.39, 0.29) is 12.0 Å². The Morgan fingerprint density at radius 1 is 1.43 bits per heavy atom. The molecule has 1 amide bonds. The molecule has 6 nitrogen and oxygen atoms in total. The maximum atomic E-state index is 12.1.